The van der Waals surface area contributed by atoms with E-state index in [1.54, 1.807) is 11.0 Å². The number of ether oxygens (including phenoxy) is 3. The first kappa shape index (κ1) is 22.5. The molecule has 1 saturated heterocycles. The standard InChI is InChI=1S/C25H28ClNO5/c1-4-30-19-7-5-6-8-20(19)31-15-22(29)27-11-9-25(10-12-27)14-18(28)23-17(3)24(26)16(2)13-21(23)32-25/h5-8,13H,4,9-12,14-15H2,1-3H3. The number of ketones is 1. The van der Waals surface area contributed by atoms with Gasteiger partial charge in [-0.3, -0.25) is 9.59 Å². The molecule has 1 spiro atoms. The Morgan fingerprint density at radius 2 is 1.81 bits per heavy atom. The molecule has 4 rings (SSSR count). The molecule has 6 nitrogen and oxygen atoms in total. The van der Waals surface area contributed by atoms with Crippen LogP contribution in [0.4, 0.5) is 0 Å². The number of hydrogen-bond acceptors (Lipinski definition) is 5. The van der Waals surface area contributed by atoms with Crippen LogP contribution in [0.3, 0.4) is 0 Å². The molecule has 170 valence electrons. The van der Waals surface area contributed by atoms with Crippen molar-refractivity contribution >= 4 is 23.3 Å². The lowest BCUT2D eigenvalue weighted by Crippen LogP contribution is -2.53. The lowest BCUT2D eigenvalue weighted by Gasteiger charge is -2.44. The summed E-state index contributed by atoms with van der Waals surface area (Å²) in [6.45, 7) is 7.17. The Kier molecular flexibility index (Phi) is 6.33. The molecule has 0 radical (unpaired) electrons. The zero-order valence-corrected chi connectivity index (χ0v) is 19.5. The third-order valence-electron chi connectivity index (χ3n) is 6.26. The number of Topliss-reactive ketones (excluding diaryl/α,β-unsaturated/α-hetero) is 1. The van der Waals surface area contributed by atoms with Gasteiger partial charge in [-0.05, 0) is 50.1 Å². The van der Waals surface area contributed by atoms with Gasteiger partial charge in [-0.1, -0.05) is 23.7 Å². The minimum absolute atomic E-state index is 0.0568. The molecule has 0 N–H and O–H groups in total. The van der Waals surface area contributed by atoms with Gasteiger partial charge in [0.2, 0.25) is 0 Å². The van der Waals surface area contributed by atoms with Gasteiger partial charge < -0.3 is 19.1 Å². The van der Waals surface area contributed by atoms with Gasteiger partial charge in [0.1, 0.15) is 11.4 Å². The number of nitrogens with zero attached hydrogens (tertiary/aromatic N) is 1. The summed E-state index contributed by atoms with van der Waals surface area (Å²) in [6.07, 6.45) is 1.50. The van der Waals surface area contributed by atoms with E-state index in [1.165, 1.54) is 0 Å². The van der Waals surface area contributed by atoms with Crippen molar-refractivity contribution < 1.29 is 23.8 Å². The van der Waals surface area contributed by atoms with Gasteiger partial charge in [-0.25, -0.2) is 0 Å². The van der Waals surface area contributed by atoms with Crippen molar-refractivity contribution in [1.29, 1.82) is 0 Å². The number of amides is 1. The van der Waals surface area contributed by atoms with E-state index in [2.05, 4.69) is 0 Å². The molecule has 2 heterocycles. The molecule has 2 aliphatic heterocycles. The zero-order chi connectivity index (χ0) is 22.9. The molecule has 1 amide bonds. The van der Waals surface area contributed by atoms with E-state index in [9.17, 15) is 9.59 Å². The number of piperidine rings is 1. The number of benzene rings is 2. The van der Waals surface area contributed by atoms with Crippen LogP contribution in [0.1, 0.15) is 47.7 Å². The van der Waals surface area contributed by atoms with Gasteiger partial charge in [-0.15, -0.1) is 0 Å². The Hall–Kier alpha value is -2.73. The van der Waals surface area contributed by atoms with Crippen molar-refractivity contribution in [2.24, 2.45) is 0 Å². The number of fused-ring (bicyclic) bond motifs is 1. The third kappa shape index (κ3) is 4.29. The maximum absolute atomic E-state index is 13.0. The van der Waals surface area contributed by atoms with Crippen LogP contribution in [-0.2, 0) is 4.79 Å². The van der Waals surface area contributed by atoms with Crippen LogP contribution in [0.15, 0.2) is 30.3 Å². The Balaban J connectivity index is 1.39. The fourth-order valence-electron chi connectivity index (χ4n) is 4.52. The molecule has 2 aromatic carbocycles. The smallest absolute Gasteiger partial charge is 0.260 e. The van der Waals surface area contributed by atoms with Gasteiger partial charge in [0.15, 0.2) is 23.9 Å². The molecular weight excluding hydrogens is 430 g/mol. The topological polar surface area (TPSA) is 65.1 Å². The summed E-state index contributed by atoms with van der Waals surface area (Å²) in [6, 6.07) is 9.17. The van der Waals surface area contributed by atoms with Crippen molar-refractivity contribution in [2.75, 3.05) is 26.3 Å². The first-order chi connectivity index (χ1) is 15.3. The minimum Gasteiger partial charge on any atom is -0.490 e. The fourth-order valence-corrected chi connectivity index (χ4v) is 4.67. The molecule has 0 aromatic heterocycles. The number of halogens is 1. The summed E-state index contributed by atoms with van der Waals surface area (Å²) in [7, 11) is 0. The van der Waals surface area contributed by atoms with Crippen molar-refractivity contribution in [3.8, 4) is 17.2 Å². The molecule has 32 heavy (non-hydrogen) atoms. The SMILES string of the molecule is CCOc1ccccc1OCC(=O)N1CCC2(CC1)CC(=O)c1c(cc(C)c(Cl)c1C)O2. The molecule has 0 saturated carbocycles. The Morgan fingerprint density at radius 3 is 2.47 bits per heavy atom. The molecule has 2 aliphatic rings. The van der Waals surface area contributed by atoms with E-state index in [4.69, 9.17) is 25.8 Å². The van der Waals surface area contributed by atoms with Crippen LogP contribution < -0.4 is 14.2 Å². The second-order valence-electron chi connectivity index (χ2n) is 8.44. The Labute approximate surface area is 193 Å². The summed E-state index contributed by atoms with van der Waals surface area (Å²) >= 11 is 6.34. The van der Waals surface area contributed by atoms with Crippen LogP contribution in [0.25, 0.3) is 0 Å². The van der Waals surface area contributed by atoms with Gasteiger partial charge in [0.25, 0.3) is 5.91 Å². The Bertz CT molecular complexity index is 1040. The third-order valence-corrected chi connectivity index (χ3v) is 6.84. The van der Waals surface area contributed by atoms with E-state index in [1.807, 2.05) is 45.0 Å². The highest BCUT2D eigenvalue weighted by atomic mass is 35.5. The van der Waals surface area contributed by atoms with E-state index >= 15 is 0 Å². The van der Waals surface area contributed by atoms with E-state index in [-0.39, 0.29) is 18.3 Å². The van der Waals surface area contributed by atoms with E-state index in [0.29, 0.717) is 66.8 Å². The minimum atomic E-state index is -0.573. The first-order valence-electron chi connectivity index (χ1n) is 11.0. The van der Waals surface area contributed by atoms with E-state index in [0.717, 1.165) is 11.1 Å². The van der Waals surface area contributed by atoms with Crippen LogP contribution >= 0.6 is 11.6 Å². The van der Waals surface area contributed by atoms with Gasteiger partial charge in [-0.2, -0.15) is 0 Å². The number of carbonyl (C=O) groups excluding carboxylic acids is 2. The number of rotatable bonds is 5. The lowest BCUT2D eigenvalue weighted by atomic mass is 9.81. The van der Waals surface area contributed by atoms with Crippen molar-refractivity contribution in [3.63, 3.8) is 0 Å². The van der Waals surface area contributed by atoms with Gasteiger partial charge >= 0.3 is 0 Å². The highest BCUT2D eigenvalue weighted by molar-refractivity contribution is 6.32. The van der Waals surface area contributed by atoms with Crippen molar-refractivity contribution in [2.45, 2.75) is 45.6 Å². The quantitative estimate of drug-likeness (QED) is 0.647. The zero-order valence-electron chi connectivity index (χ0n) is 18.7. The van der Waals surface area contributed by atoms with Crippen LogP contribution in [-0.4, -0.2) is 48.5 Å². The maximum Gasteiger partial charge on any atom is 0.260 e. The first-order valence-corrected chi connectivity index (χ1v) is 11.4. The summed E-state index contributed by atoms with van der Waals surface area (Å²) in [5.41, 5.74) is 1.69. The van der Waals surface area contributed by atoms with Gasteiger partial charge in [0, 0.05) is 31.0 Å². The average Bonchev–Trinajstić information content (AvgIpc) is 2.77. The number of carbonyl (C=O) groups is 2. The highest BCUT2D eigenvalue weighted by Gasteiger charge is 2.44. The molecule has 0 unspecified atom stereocenters. The molecule has 2 aromatic rings. The number of likely N-dealkylation sites (tertiary alicyclic amines) is 1. The van der Waals surface area contributed by atoms with Crippen molar-refractivity contribution in [1.82, 2.24) is 4.90 Å². The monoisotopic (exact) mass is 457 g/mol. The normalized spacial score (nSPS) is 17.0. The predicted molar refractivity (Wildman–Crippen MR) is 122 cm³/mol. The maximum atomic E-state index is 13.0. The average molecular weight is 458 g/mol. The molecule has 0 atom stereocenters. The molecule has 0 bridgehead atoms. The lowest BCUT2D eigenvalue weighted by molar-refractivity contribution is -0.136. The van der Waals surface area contributed by atoms with Crippen LogP contribution in [0, 0.1) is 13.8 Å². The van der Waals surface area contributed by atoms with Crippen LogP contribution in [0.2, 0.25) is 5.02 Å². The summed E-state index contributed by atoms with van der Waals surface area (Å²) < 4.78 is 17.7. The fraction of sp³-hybridized carbons (Fsp3) is 0.440. The summed E-state index contributed by atoms with van der Waals surface area (Å²) in [5.74, 6) is 1.75. The highest BCUT2D eigenvalue weighted by Crippen LogP contribution is 2.43. The summed E-state index contributed by atoms with van der Waals surface area (Å²) in [4.78, 5) is 27.5. The second-order valence-corrected chi connectivity index (χ2v) is 8.82. The molecule has 0 aliphatic carbocycles. The number of aryl methyl sites for hydroxylation is 1. The number of para-hydroxylation sites is 2. The Morgan fingerprint density at radius 1 is 1.16 bits per heavy atom. The van der Waals surface area contributed by atoms with E-state index < -0.39 is 5.60 Å². The number of hydrogen-bond donors (Lipinski definition) is 0. The second kappa shape index (κ2) is 9.02. The van der Waals surface area contributed by atoms with Crippen LogP contribution in [0.5, 0.6) is 17.2 Å². The summed E-state index contributed by atoms with van der Waals surface area (Å²) in [5, 5.41) is 0.614. The van der Waals surface area contributed by atoms with Crippen molar-refractivity contribution in [3.05, 3.63) is 52.0 Å². The molecule has 1 fully saturated rings. The van der Waals surface area contributed by atoms with Gasteiger partial charge in [0.05, 0.1) is 18.6 Å². The molecular formula is C25H28ClNO5. The molecule has 7 heteroatoms. The predicted octanol–water partition coefficient (Wildman–Crippen LogP) is 4.76. The largest absolute Gasteiger partial charge is 0.490 e.